The predicted molar refractivity (Wildman–Crippen MR) is 130 cm³/mol. The first kappa shape index (κ1) is 23.4. The molecule has 0 aliphatic carbocycles. The number of carbonyl (C=O) groups excluding carboxylic acids is 1. The van der Waals surface area contributed by atoms with Crippen molar-refractivity contribution in [3.63, 3.8) is 0 Å². The lowest BCUT2D eigenvalue weighted by Gasteiger charge is -2.11. The number of anilines is 1. The van der Waals surface area contributed by atoms with Gasteiger partial charge in [0.1, 0.15) is 29.7 Å². The lowest BCUT2D eigenvalue weighted by atomic mass is 10.1. The van der Waals surface area contributed by atoms with E-state index in [1.54, 1.807) is 42.5 Å². The van der Waals surface area contributed by atoms with E-state index in [1.165, 1.54) is 6.08 Å². The van der Waals surface area contributed by atoms with E-state index >= 15 is 0 Å². The minimum Gasteiger partial charge on any atom is -0.494 e. The van der Waals surface area contributed by atoms with Gasteiger partial charge in [-0.3, -0.25) is 4.79 Å². The van der Waals surface area contributed by atoms with Crippen LogP contribution in [-0.4, -0.2) is 12.5 Å². The van der Waals surface area contributed by atoms with E-state index in [9.17, 15) is 10.1 Å². The number of benzene rings is 3. The Morgan fingerprint density at radius 1 is 1.12 bits per heavy atom. The fourth-order valence-corrected chi connectivity index (χ4v) is 3.41. The third-order valence-electron chi connectivity index (χ3n) is 4.40. The van der Waals surface area contributed by atoms with Crippen LogP contribution < -0.4 is 14.8 Å². The Balaban J connectivity index is 1.79. The SMILES string of the molecule is CCOc1ccc(NC(=O)/C(C#N)=C/c2cc(Br)ccc2OCc2ccccc2Cl)cc1. The summed E-state index contributed by atoms with van der Waals surface area (Å²) in [5.74, 6) is 0.708. The molecule has 0 atom stereocenters. The molecule has 1 amide bonds. The van der Waals surface area contributed by atoms with Crippen molar-refractivity contribution in [1.29, 1.82) is 5.26 Å². The standard InChI is InChI=1S/C25H20BrClN2O3/c1-2-31-22-10-8-21(9-11-22)29-25(30)19(15-28)13-18-14-20(26)7-12-24(18)32-16-17-5-3-4-6-23(17)27/h3-14H,2,16H2,1H3,(H,29,30)/b19-13+. The molecule has 3 aromatic rings. The zero-order valence-electron chi connectivity index (χ0n) is 17.3. The van der Waals surface area contributed by atoms with E-state index in [4.69, 9.17) is 21.1 Å². The second-order valence-corrected chi connectivity index (χ2v) is 7.97. The second kappa shape index (κ2) is 11.4. The molecule has 7 heteroatoms. The van der Waals surface area contributed by atoms with Gasteiger partial charge in [-0.2, -0.15) is 5.26 Å². The Bertz CT molecular complexity index is 1170. The van der Waals surface area contributed by atoms with Crippen LogP contribution in [0.1, 0.15) is 18.1 Å². The van der Waals surface area contributed by atoms with Crippen LogP contribution in [0, 0.1) is 11.3 Å². The predicted octanol–water partition coefficient (Wildman–Crippen LogP) is 6.63. The molecule has 0 fully saturated rings. The Morgan fingerprint density at radius 2 is 1.88 bits per heavy atom. The Hall–Kier alpha value is -3.27. The third-order valence-corrected chi connectivity index (χ3v) is 5.26. The summed E-state index contributed by atoms with van der Waals surface area (Å²) in [7, 11) is 0. The average Bonchev–Trinajstić information content (AvgIpc) is 2.79. The maximum atomic E-state index is 12.7. The topological polar surface area (TPSA) is 71.3 Å². The van der Waals surface area contributed by atoms with Gasteiger partial charge in [-0.1, -0.05) is 45.7 Å². The number of rotatable bonds is 8. The molecule has 0 unspecified atom stereocenters. The lowest BCUT2D eigenvalue weighted by Crippen LogP contribution is -2.13. The minimum absolute atomic E-state index is 0.0559. The molecule has 3 aromatic carbocycles. The van der Waals surface area contributed by atoms with Crippen molar-refractivity contribution in [3.8, 4) is 17.6 Å². The monoisotopic (exact) mass is 510 g/mol. The van der Waals surface area contributed by atoms with Crippen molar-refractivity contribution in [2.45, 2.75) is 13.5 Å². The molecule has 0 bridgehead atoms. The fraction of sp³-hybridized carbons (Fsp3) is 0.120. The van der Waals surface area contributed by atoms with Crippen LogP contribution in [0.5, 0.6) is 11.5 Å². The summed E-state index contributed by atoms with van der Waals surface area (Å²) in [5, 5.41) is 12.9. The Labute approximate surface area is 200 Å². The van der Waals surface area contributed by atoms with E-state index in [1.807, 2.05) is 37.3 Å². The molecule has 0 heterocycles. The van der Waals surface area contributed by atoms with Crippen LogP contribution >= 0.6 is 27.5 Å². The maximum absolute atomic E-state index is 12.7. The molecular weight excluding hydrogens is 492 g/mol. The number of nitriles is 1. The van der Waals surface area contributed by atoms with Gasteiger partial charge in [-0.15, -0.1) is 0 Å². The molecule has 0 aliphatic rings. The van der Waals surface area contributed by atoms with Crippen LogP contribution in [0.25, 0.3) is 6.08 Å². The smallest absolute Gasteiger partial charge is 0.266 e. The van der Waals surface area contributed by atoms with Crippen molar-refractivity contribution < 1.29 is 14.3 Å². The molecule has 0 radical (unpaired) electrons. The van der Waals surface area contributed by atoms with Crippen molar-refractivity contribution in [3.05, 3.63) is 92.9 Å². The normalized spacial score (nSPS) is 10.9. The maximum Gasteiger partial charge on any atom is 0.266 e. The van der Waals surface area contributed by atoms with Crippen LogP contribution in [0.2, 0.25) is 5.02 Å². The number of nitrogens with zero attached hydrogens (tertiary/aromatic N) is 1. The molecule has 0 aliphatic heterocycles. The van der Waals surface area contributed by atoms with E-state index in [-0.39, 0.29) is 12.2 Å². The van der Waals surface area contributed by atoms with E-state index in [0.29, 0.717) is 34.4 Å². The Kier molecular flexibility index (Phi) is 8.32. The number of halogens is 2. The molecule has 32 heavy (non-hydrogen) atoms. The molecule has 162 valence electrons. The molecule has 0 spiro atoms. The first-order valence-corrected chi connectivity index (χ1v) is 11.0. The zero-order valence-corrected chi connectivity index (χ0v) is 19.6. The highest BCUT2D eigenvalue weighted by atomic mass is 79.9. The lowest BCUT2D eigenvalue weighted by molar-refractivity contribution is -0.112. The first-order valence-electron chi connectivity index (χ1n) is 9.82. The van der Waals surface area contributed by atoms with Gasteiger partial charge in [0.25, 0.3) is 5.91 Å². The molecule has 0 saturated carbocycles. The van der Waals surface area contributed by atoms with Crippen LogP contribution in [0.3, 0.4) is 0 Å². The summed E-state index contributed by atoms with van der Waals surface area (Å²) in [6.45, 7) is 2.71. The number of ether oxygens (including phenoxy) is 2. The second-order valence-electron chi connectivity index (χ2n) is 6.64. The highest BCUT2D eigenvalue weighted by Crippen LogP contribution is 2.28. The summed E-state index contributed by atoms with van der Waals surface area (Å²) in [6, 6.07) is 21.7. The highest BCUT2D eigenvalue weighted by Gasteiger charge is 2.13. The van der Waals surface area contributed by atoms with Gasteiger partial charge in [0, 0.05) is 26.3 Å². The van der Waals surface area contributed by atoms with Gasteiger partial charge in [0.05, 0.1) is 6.61 Å². The molecule has 0 aromatic heterocycles. The number of nitrogens with one attached hydrogen (secondary N) is 1. The number of amides is 1. The fourth-order valence-electron chi connectivity index (χ4n) is 2.84. The summed E-state index contributed by atoms with van der Waals surface area (Å²) in [4.78, 5) is 12.7. The van der Waals surface area contributed by atoms with Gasteiger partial charge in [0.15, 0.2) is 0 Å². The number of hydrogen-bond acceptors (Lipinski definition) is 4. The van der Waals surface area contributed by atoms with Crippen molar-refractivity contribution in [2.75, 3.05) is 11.9 Å². The van der Waals surface area contributed by atoms with Gasteiger partial charge < -0.3 is 14.8 Å². The van der Waals surface area contributed by atoms with Gasteiger partial charge in [0.2, 0.25) is 0 Å². The van der Waals surface area contributed by atoms with E-state index in [2.05, 4.69) is 21.2 Å². The summed E-state index contributed by atoms with van der Waals surface area (Å²) in [6.07, 6.45) is 1.50. The average molecular weight is 512 g/mol. The molecule has 3 rings (SSSR count). The van der Waals surface area contributed by atoms with Crippen molar-refractivity contribution >= 4 is 45.2 Å². The Morgan fingerprint density at radius 3 is 2.56 bits per heavy atom. The highest BCUT2D eigenvalue weighted by molar-refractivity contribution is 9.10. The summed E-state index contributed by atoms with van der Waals surface area (Å²) in [5.41, 5.74) is 1.93. The van der Waals surface area contributed by atoms with Gasteiger partial charge >= 0.3 is 0 Å². The molecule has 5 nitrogen and oxygen atoms in total. The van der Waals surface area contributed by atoms with Gasteiger partial charge in [-0.05, 0) is 61.5 Å². The number of hydrogen-bond donors (Lipinski definition) is 1. The largest absolute Gasteiger partial charge is 0.494 e. The van der Waals surface area contributed by atoms with Gasteiger partial charge in [-0.25, -0.2) is 0 Å². The first-order chi connectivity index (χ1) is 15.5. The van der Waals surface area contributed by atoms with Crippen LogP contribution in [0.15, 0.2) is 76.8 Å². The summed E-state index contributed by atoms with van der Waals surface area (Å²) >= 11 is 9.63. The van der Waals surface area contributed by atoms with Crippen LogP contribution in [0.4, 0.5) is 5.69 Å². The molecular formula is C25H20BrClN2O3. The quantitative estimate of drug-likeness (QED) is 0.272. The molecule has 1 N–H and O–H groups in total. The number of carbonyl (C=O) groups is 1. The molecule has 0 saturated heterocycles. The van der Waals surface area contributed by atoms with Crippen LogP contribution in [-0.2, 0) is 11.4 Å². The van der Waals surface area contributed by atoms with E-state index < -0.39 is 5.91 Å². The zero-order chi connectivity index (χ0) is 22.9. The van der Waals surface area contributed by atoms with Crippen molar-refractivity contribution in [2.24, 2.45) is 0 Å². The third kappa shape index (κ3) is 6.36. The van der Waals surface area contributed by atoms with E-state index in [0.717, 1.165) is 10.0 Å². The summed E-state index contributed by atoms with van der Waals surface area (Å²) < 4.78 is 12.1. The minimum atomic E-state index is -0.520. The van der Waals surface area contributed by atoms with Crippen molar-refractivity contribution in [1.82, 2.24) is 0 Å².